The van der Waals surface area contributed by atoms with Crippen molar-refractivity contribution in [1.29, 1.82) is 0 Å². The van der Waals surface area contributed by atoms with Crippen LogP contribution in [0.1, 0.15) is 70.4 Å². The van der Waals surface area contributed by atoms with Crippen molar-refractivity contribution >= 4 is 10.0 Å². The highest BCUT2D eigenvalue weighted by molar-refractivity contribution is 7.89. The minimum atomic E-state index is -3.44. The molecular weight excluding hydrogens is 294 g/mol. The molecule has 0 spiro atoms. The van der Waals surface area contributed by atoms with Gasteiger partial charge in [0.05, 0.1) is 4.90 Å². The highest BCUT2D eigenvalue weighted by Gasteiger charge is 2.24. The molecule has 0 amide bonds. The summed E-state index contributed by atoms with van der Waals surface area (Å²) in [6.07, 6.45) is 6.59. The summed E-state index contributed by atoms with van der Waals surface area (Å²) in [5.74, 6) is 0. The van der Waals surface area contributed by atoms with Crippen LogP contribution in [0.3, 0.4) is 0 Å². The molecule has 0 aliphatic heterocycles. The highest BCUT2D eigenvalue weighted by Crippen LogP contribution is 2.27. The molecule has 1 fully saturated rings. The van der Waals surface area contributed by atoms with Crippen molar-refractivity contribution in [3.05, 3.63) is 29.3 Å². The monoisotopic (exact) mass is 323 g/mol. The molecule has 1 aliphatic rings. The summed E-state index contributed by atoms with van der Waals surface area (Å²) in [6, 6.07) is 5.88. The third-order valence-corrected chi connectivity index (χ3v) is 6.18. The summed E-state index contributed by atoms with van der Waals surface area (Å²) in [4.78, 5) is 0.434. The highest BCUT2D eigenvalue weighted by atomic mass is 32.2. The Kier molecular flexibility index (Phi) is 5.33. The Labute approximate surface area is 135 Å². The standard InChI is InChI=1S/C18H29NO2S/c1-14-11-12-15(18(2,3)4)13-17(14)22(20,21)19-16-9-7-5-6-8-10-16/h11-13,16,19H,5-10H2,1-4H3. The van der Waals surface area contributed by atoms with Crippen molar-refractivity contribution in [3.63, 3.8) is 0 Å². The zero-order valence-corrected chi connectivity index (χ0v) is 15.1. The van der Waals surface area contributed by atoms with Crippen molar-refractivity contribution < 1.29 is 8.42 Å². The van der Waals surface area contributed by atoms with Gasteiger partial charge in [-0.2, -0.15) is 0 Å². The van der Waals surface area contributed by atoms with Crippen LogP contribution in [-0.4, -0.2) is 14.5 Å². The first-order chi connectivity index (χ1) is 10.2. The van der Waals surface area contributed by atoms with Crippen molar-refractivity contribution in [2.45, 2.75) is 82.6 Å². The van der Waals surface area contributed by atoms with Crippen molar-refractivity contribution in [1.82, 2.24) is 4.72 Å². The van der Waals surface area contributed by atoms with Crippen LogP contribution in [-0.2, 0) is 15.4 Å². The Bertz CT molecular complexity index is 606. The number of nitrogens with one attached hydrogen (secondary N) is 1. The quantitative estimate of drug-likeness (QED) is 0.843. The fourth-order valence-electron chi connectivity index (χ4n) is 3.04. The van der Waals surface area contributed by atoms with Crippen molar-refractivity contribution in [3.8, 4) is 0 Å². The van der Waals surface area contributed by atoms with E-state index in [1.54, 1.807) is 0 Å². The number of rotatable bonds is 3. The summed E-state index contributed by atoms with van der Waals surface area (Å²) in [7, 11) is -3.44. The van der Waals surface area contributed by atoms with Gasteiger partial charge in [-0.1, -0.05) is 58.6 Å². The van der Waals surface area contributed by atoms with E-state index in [0.29, 0.717) is 4.90 Å². The lowest BCUT2D eigenvalue weighted by atomic mass is 9.87. The van der Waals surface area contributed by atoms with E-state index in [1.165, 1.54) is 12.8 Å². The SMILES string of the molecule is Cc1ccc(C(C)(C)C)cc1S(=O)(=O)NC1CCCCCC1. The zero-order chi connectivity index (χ0) is 16.4. The molecule has 0 heterocycles. The third kappa shape index (κ3) is 4.32. The lowest BCUT2D eigenvalue weighted by Crippen LogP contribution is -2.35. The van der Waals surface area contributed by atoms with Crippen LogP contribution >= 0.6 is 0 Å². The van der Waals surface area contributed by atoms with Crippen LogP contribution in [0, 0.1) is 6.92 Å². The van der Waals surface area contributed by atoms with E-state index in [1.807, 2.05) is 25.1 Å². The first-order valence-electron chi connectivity index (χ1n) is 8.33. The van der Waals surface area contributed by atoms with E-state index in [-0.39, 0.29) is 11.5 Å². The van der Waals surface area contributed by atoms with Gasteiger partial charge >= 0.3 is 0 Å². The van der Waals surface area contributed by atoms with Gasteiger partial charge in [-0.3, -0.25) is 0 Å². The van der Waals surface area contributed by atoms with E-state index in [9.17, 15) is 8.42 Å². The molecular formula is C18H29NO2S. The molecule has 3 nitrogen and oxygen atoms in total. The van der Waals surface area contributed by atoms with E-state index < -0.39 is 10.0 Å². The lowest BCUT2D eigenvalue weighted by Gasteiger charge is -2.22. The summed E-state index contributed by atoms with van der Waals surface area (Å²) in [5, 5.41) is 0. The van der Waals surface area contributed by atoms with Crippen molar-refractivity contribution in [2.75, 3.05) is 0 Å². The van der Waals surface area contributed by atoms with Crippen LogP contribution < -0.4 is 4.72 Å². The Morgan fingerprint density at radius 3 is 2.18 bits per heavy atom. The minimum absolute atomic E-state index is 0.0553. The summed E-state index contributed by atoms with van der Waals surface area (Å²) in [6.45, 7) is 8.18. The van der Waals surface area contributed by atoms with Crippen LogP contribution in [0.15, 0.2) is 23.1 Å². The Morgan fingerprint density at radius 1 is 1.05 bits per heavy atom. The molecule has 2 rings (SSSR count). The van der Waals surface area contributed by atoms with Gasteiger partial charge in [0.1, 0.15) is 0 Å². The molecule has 0 aromatic heterocycles. The average Bonchev–Trinajstić information content (AvgIpc) is 2.65. The second-order valence-corrected chi connectivity index (χ2v) is 9.22. The van der Waals surface area contributed by atoms with E-state index >= 15 is 0 Å². The molecule has 1 aliphatic carbocycles. The van der Waals surface area contributed by atoms with Crippen LogP contribution in [0.2, 0.25) is 0 Å². The predicted molar refractivity (Wildman–Crippen MR) is 91.7 cm³/mol. The first-order valence-corrected chi connectivity index (χ1v) is 9.82. The lowest BCUT2D eigenvalue weighted by molar-refractivity contribution is 0.509. The number of aryl methyl sites for hydroxylation is 1. The van der Waals surface area contributed by atoms with Crippen LogP contribution in [0.25, 0.3) is 0 Å². The second kappa shape index (κ2) is 6.71. The maximum absolute atomic E-state index is 12.8. The molecule has 0 saturated heterocycles. The van der Waals surface area contributed by atoms with Gasteiger partial charge in [-0.05, 0) is 42.4 Å². The Morgan fingerprint density at radius 2 is 1.64 bits per heavy atom. The van der Waals surface area contributed by atoms with Gasteiger partial charge in [-0.15, -0.1) is 0 Å². The van der Waals surface area contributed by atoms with E-state index in [2.05, 4.69) is 25.5 Å². The van der Waals surface area contributed by atoms with Gasteiger partial charge in [0.15, 0.2) is 0 Å². The molecule has 1 aromatic rings. The molecule has 124 valence electrons. The Hall–Kier alpha value is -0.870. The normalized spacial score (nSPS) is 18.2. The van der Waals surface area contributed by atoms with Crippen molar-refractivity contribution in [2.24, 2.45) is 0 Å². The number of benzene rings is 1. The third-order valence-electron chi connectivity index (χ3n) is 4.52. The maximum Gasteiger partial charge on any atom is 0.241 e. The molecule has 1 N–H and O–H groups in total. The topological polar surface area (TPSA) is 46.2 Å². The summed E-state index contributed by atoms with van der Waals surface area (Å²) in [5.41, 5.74) is 1.81. The second-order valence-electron chi connectivity index (χ2n) is 7.54. The van der Waals surface area contributed by atoms with Gasteiger partial charge in [0, 0.05) is 6.04 Å². The number of hydrogen-bond acceptors (Lipinski definition) is 2. The number of hydrogen-bond donors (Lipinski definition) is 1. The van der Waals surface area contributed by atoms with Gasteiger partial charge < -0.3 is 0 Å². The van der Waals surface area contributed by atoms with Gasteiger partial charge in [-0.25, -0.2) is 13.1 Å². The first kappa shape index (κ1) is 17.5. The van der Waals surface area contributed by atoms with Gasteiger partial charge in [0.2, 0.25) is 10.0 Å². The summed E-state index contributed by atoms with van der Waals surface area (Å²) >= 11 is 0. The molecule has 0 bridgehead atoms. The average molecular weight is 324 g/mol. The molecule has 22 heavy (non-hydrogen) atoms. The molecule has 1 aromatic carbocycles. The van der Waals surface area contributed by atoms with E-state index in [0.717, 1.165) is 36.8 Å². The molecule has 0 radical (unpaired) electrons. The molecule has 0 unspecified atom stereocenters. The largest absolute Gasteiger partial charge is 0.241 e. The maximum atomic E-state index is 12.8. The van der Waals surface area contributed by atoms with E-state index in [4.69, 9.17) is 0 Å². The predicted octanol–water partition coefficient (Wildman–Crippen LogP) is 4.29. The van der Waals surface area contributed by atoms with Crippen LogP contribution in [0.4, 0.5) is 0 Å². The minimum Gasteiger partial charge on any atom is -0.208 e. The van der Waals surface area contributed by atoms with Crippen LogP contribution in [0.5, 0.6) is 0 Å². The van der Waals surface area contributed by atoms with Gasteiger partial charge in [0.25, 0.3) is 0 Å². The summed E-state index contributed by atoms with van der Waals surface area (Å²) < 4.78 is 28.5. The fourth-order valence-corrected chi connectivity index (χ4v) is 4.61. The fraction of sp³-hybridized carbons (Fsp3) is 0.667. The molecule has 0 atom stereocenters. The smallest absolute Gasteiger partial charge is 0.208 e. The number of sulfonamides is 1. The molecule has 1 saturated carbocycles. The Balaban J connectivity index is 2.28. The molecule has 4 heteroatoms. The zero-order valence-electron chi connectivity index (χ0n) is 14.3.